The van der Waals surface area contributed by atoms with E-state index in [4.69, 9.17) is 10.5 Å². The molecule has 0 aromatic rings. The largest absolute Gasteiger partial charge is 0.376 e. The lowest BCUT2D eigenvalue weighted by Crippen LogP contribution is -2.50. The van der Waals surface area contributed by atoms with Gasteiger partial charge in [0.1, 0.15) is 0 Å². The Morgan fingerprint density at radius 3 is 2.58 bits per heavy atom. The number of likely N-dealkylation sites (N-methyl/N-ethyl adjacent to an activating group) is 1. The minimum absolute atomic E-state index is 0.238. The lowest BCUT2D eigenvalue weighted by atomic mass is 9.73. The van der Waals surface area contributed by atoms with Gasteiger partial charge in [-0.2, -0.15) is 0 Å². The average molecular weight is 268 g/mol. The number of amides is 1. The summed E-state index contributed by atoms with van der Waals surface area (Å²) in [5, 5.41) is 0. The first-order valence-electron chi connectivity index (χ1n) is 7.83. The summed E-state index contributed by atoms with van der Waals surface area (Å²) < 4.78 is 5.66. The number of hydrogen-bond acceptors (Lipinski definition) is 3. The van der Waals surface area contributed by atoms with Gasteiger partial charge in [-0.05, 0) is 32.6 Å². The second kappa shape index (κ2) is 6.71. The molecule has 110 valence electrons. The molecule has 1 amide bonds. The maximum atomic E-state index is 12.9. The minimum atomic E-state index is -0.285. The highest BCUT2D eigenvalue weighted by Gasteiger charge is 2.41. The van der Waals surface area contributed by atoms with Crippen molar-refractivity contribution in [2.45, 2.75) is 58.0 Å². The van der Waals surface area contributed by atoms with E-state index in [2.05, 4.69) is 6.92 Å². The van der Waals surface area contributed by atoms with Crippen molar-refractivity contribution in [1.29, 1.82) is 0 Å². The summed E-state index contributed by atoms with van der Waals surface area (Å²) >= 11 is 0. The van der Waals surface area contributed by atoms with E-state index in [1.54, 1.807) is 0 Å². The number of hydrogen-bond donors (Lipinski definition) is 1. The summed E-state index contributed by atoms with van der Waals surface area (Å²) in [4.78, 5) is 14.8. The molecular formula is C15H28N2O2. The number of nitrogens with two attached hydrogens (primary N) is 1. The molecule has 1 atom stereocenters. The second-order valence-corrected chi connectivity index (χ2v) is 6.02. The average Bonchev–Trinajstić information content (AvgIpc) is 2.97. The molecule has 1 aliphatic carbocycles. The van der Waals surface area contributed by atoms with Crippen LogP contribution in [-0.4, -0.2) is 43.2 Å². The first kappa shape index (κ1) is 14.8. The van der Waals surface area contributed by atoms with Gasteiger partial charge in [-0.1, -0.05) is 19.3 Å². The van der Waals surface area contributed by atoms with Crippen LogP contribution in [0.15, 0.2) is 0 Å². The Morgan fingerprint density at radius 1 is 1.32 bits per heavy atom. The molecule has 0 aromatic heterocycles. The first-order valence-corrected chi connectivity index (χ1v) is 7.83. The molecule has 1 saturated carbocycles. The number of nitrogens with zero attached hydrogens (tertiary/aromatic N) is 1. The van der Waals surface area contributed by atoms with E-state index in [1.165, 1.54) is 6.42 Å². The van der Waals surface area contributed by atoms with E-state index in [0.717, 1.165) is 58.2 Å². The number of ether oxygens (including phenoxy) is 1. The van der Waals surface area contributed by atoms with Gasteiger partial charge in [-0.25, -0.2) is 0 Å². The molecule has 4 nitrogen and oxygen atoms in total. The van der Waals surface area contributed by atoms with Gasteiger partial charge in [0.15, 0.2) is 0 Å². The summed E-state index contributed by atoms with van der Waals surface area (Å²) in [6.45, 7) is 4.91. The predicted octanol–water partition coefficient (Wildman–Crippen LogP) is 1.92. The lowest BCUT2D eigenvalue weighted by molar-refractivity contribution is -0.145. The normalized spacial score (nSPS) is 26.3. The molecule has 2 rings (SSSR count). The Morgan fingerprint density at radius 2 is 2.05 bits per heavy atom. The van der Waals surface area contributed by atoms with E-state index in [-0.39, 0.29) is 17.4 Å². The number of carbonyl (C=O) groups excluding carboxylic acids is 1. The van der Waals surface area contributed by atoms with Crippen LogP contribution in [0, 0.1) is 5.41 Å². The van der Waals surface area contributed by atoms with Gasteiger partial charge in [-0.3, -0.25) is 4.79 Å². The van der Waals surface area contributed by atoms with Crippen molar-refractivity contribution in [2.75, 3.05) is 26.2 Å². The third kappa shape index (κ3) is 3.29. The van der Waals surface area contributed by atoms with Crippen LogP contribution in [-0.2, 0) is 9.53 Å². The molecule has 1 aliphatic heterocycles. The molecule has 0 radical (unpaired) electrons. The van der Waals surface area contributed by atoms with Crippen LogP contribution in [0.2, 0.25) is 0 Å². The molecule has 1 unspecified atom stereocenters. The summed E-state index contributed by atoms with van der Waals surface area (Å²) in [6.07, 6.45) is 7.89. The van der Waals surface area contributed by atoms with Crippen LogP contribution in [0.4, 0.5) is 0 Å². The van der Waals surface area contributed by atoms with Crippen molar-refractivity contribution in [1.82, 2.24) is 4.90 Å². The van der Waals surface area contributed by atoms with E-state index >= 15 is 0 Å². The lowest BCUT2D eigenvalue weighted by Gasteiger charge is -2.39. The van der Waals surface area contributed by atoms with Crippen LogP contribution in [0.1, 0.15) is 51.9 Å². The van der Waals surface area contributed by atoms with Crippen LogP contribution < -0.4 is 5.73 Å². The van der Waals surface area contributed by atoms with Crippen molar-refractivity contribution >= 4 is 5.91 Å². The Bertz CT molecular complexity index is 295. The maximum absolute atomic E-state index is 12.9. The molecule has 2 aliphatic rings. The summed E-state index contributed by atoms with van der Waals surface area (Å²) in [7, 11) is 0. The molecule has 2 N–H and O–H groups in total. The fraction of sp³-hybridized carbons (Fsp3) is 0.933. The topological polar surface area (TPSA) is 55.6 Å². The van der Waals surface area contributed by atoms with E-state index in [0.29, 0.717) is 6.54 Å². The van der Waals surface area contributed by atoms with Crippen molar-refractivity contribution in [3.8, 4) is 0 Å². The molecule has 0 spiro atoms. The highest BCUT2D eigenvalue weighted by atomic mass is 16.5. The third-order valence-corrected chi connectivity index (χ3v) is 4.77. The summed E-state index contributed by atoms with van der Waals surface area (Å²) in [5.41, 5.74) is 5.68. The fourth-order valence-electron chi connectivity index (χ4n) is 3.46. The number of carbonyl (C=O) groups is 1. The Hall–Kier alpha value is -0.610. The summed E-state index contributed by atoms with van der Waals surface area (Å²) in [6, 6.07) is 0. The number of rotatable bonds is 5. The zero-order valence-corrected chi connectivity index (χ0v) is 12.2. The van der Waals surface area contributed by atoms with Crippen LogP contribution in [0.3, 0.4) is 0 Å². The second-order valence-electron chi connectivity index (χ2n) is 6.02. The SMILES string of the molecule is CCN(CC1CCCO1)C(=O)C1(CN)CCCCC1. The van der Waals surface area contributed by atoms with E-state index in [1.807, 2.05) is 4.90 Å². The monoisotopic (exact) mass is 268 g/mol. The van der Waals surface area contributed by atoms with Crippen molar-refractivity contribution < 1.29 is 9.53 Å². The standard InChI is InChI=1S/C15H28N2O2/c1-2-17(11-13-7-6-10-19-13)14(18)15(12-16)8-4-3-5-9-15/h13H,2-12,16H2,1H3. The molecule has 2 fully saturated rings. The van der Waals surface area contributed by atoms with Gasteiger partial charge in [0, 0.05) is 26.2 Å². The van der Waals surface area contributed by atoms with Gasteiger partial charge >= 0.3 is 0 Å². The summed E-state index contributed by atoms with van der Waals surface area (Å²) in [5.74, 6) is 0.271. The van der Waals surface area contributed by atoms with E-state index in [9.17, 15) is 4.79 Å². The zero-order valence-electron chi connectivity index (χ0n) is 12.2. The molecule has 0 bridgehead atoms. The van der Waals surface area contributed by atoms with Crippen LogP contribution >= 0.6 is 0 Å². The van der Waals surface area contributed by atoms with Crippen molar-refractivity contribution in [3.05, 3.63) is 0 Å². The molecule has 1 saturated heterocycles. The van der Waals surface area contributed by atoms with Crippen LogP contribution in [0.5, 0.6) is 0 Å². The molecular weight excluding hydrogens is 240 g/mol. The Balaban J connectivity index is 2.00. The molecule has 4 heteroatoms. The predicted molar refractivity (Wildman–Crippen MR) is 75.8 cm³/mol. The Labute approximate surface area is 116 Å². The van der Waals surface area contributed by atoms with Gasteiger partial charge < -0.3 is 15.4 Å². The highest BCUT2D eigenvalue weighted by molar-refractivity contribution is 5.83. The zero-order chi connectivity index (χ0) is 13.7. The van der Waals surface area contributed by atoms with Gasteiger partial charge in [0.25, 0.3) is 0 Å². The molecule has 19 heavy (non-hydrogen) atoms. The van der Waals surface area contributed by atoms with Gasteiger partial charge in [-0.15, -0.1) is 0 Å². The maximum Gasteiger partial charge on any atom is 0.230 e. The van der Waals surface area contributed by atoms with Gasteiger partial charge in [0.05, 0.1) is 11.5 Å². The third-order valence-electron chi connectivity index (χ3n) is 4.77. The quantitative estimate of drug-likeness (QED) is 0.829. The Kier molecular flexibility index (Phi) is 5.22. The fourth-order valence-corrected chi connectivity index (χ4v) is 3.46. The van der Waals surface area contributed by atoms with E-state index < -0.39 is 0 Å². The van der Waals surface area contributed by atoms with Crippen LogP contribution in [0.25, 0.3) is 0 Å². The molecule has 1 heterocycles. The minimum Gasteiger partial charge on any atom is -0.376 e. The van der Waals surface area contributed by atoms with Crippen molar-refractivity contribution in [3.63, 3.8) is 0 Å². The smallest absolute Gasteiger partial charge is 0.230 e. The highest BCUT2D eigenvalue weighted by Crippen LogP contribution is 2.37. The first-order chi connectivity index (χ1) is 9.22. The molecule has 0 aromatic carbocycles. The van der Waals surface area contributed by atoms with Gasteiger partial charge in [0.2, 0.25) is 5.91 Å². The van der Waals surface area contributed by atoms with Crippen molar-refractivity contribution in [2.24, 2.45) is 11.1 Å².